The number of ketones is 1. The lowest BCUT2D eigenvalue weighted by molar-refractivity contribution is -0.137. The van der Waals surface area contributed by atoms with E-state index >= 15 is 0 Å². The van der Waals surface area contributed by atoms with E-state index in [1.165, 1.54) is 6.39 Å². The van der Waals surface area contributed by atoms with Gasteiger partial charge >= 0.3 is 0 Å². The fraction of sp³-hybridized carbons (Fsp3) is 0.458. The van der Waals surface area contributed by atoms with Gasteiger partial charge in [-0.2, -0.15) is 0 Å². The number of anilines is 1. The van der Waals surface area contributed by atoms with Gasteiger partial charge in [-0.05, 0) is 30.4 Å². The molecule has 36 heavy (non-hydrogen) atoms. The first-order chi connectivity index (χ1) is 17.0. The Hall–Kier alpha value is -3.45. The summed E-state index contributed by atoms with van der Waals surface area (Å²) in [4.78, 5) is 32.0. The minimum Gasteiger partial charge on any atom is -0.510 e. The molecule has 1 unspecified atom stereocenters. The maximum atomic E-state index is 13.9. The number of primary amides is 1. The number of amides is 1. The van der Waals surface area contributed by atoms with E-state index in [1.54, 1.807) is 0 Å². The molecule has 0 bridgehead atoms. The Morgan fingerprint density at radius 2 is 2.08 bits per heavy atom. The van der Waals surface area contributed by atoms with Gasteiger partial charge in [-0.15, -0.1) is 0 Å². The van der Waals surface area contributed by atoms with Gasteiger partial charge in [0.2, 0.25) is 0 Å². The van der Waals surface area contributed by atoms with Crippen molar-refractivity contribution in [1.82, 2.24) is 10.3 Å². The molecule has 1 aromatic heterocycles. The molecule has 0 saturated heterocycles. The highest BCUT2D eigenvalue weighted by molar-refractivity contribution is 6.18. The molecule has 5 rings (SSSR count). The van der Waals surface area contributed by atoms with Gasteiger partial charge < -0.3 is 45.9 Å². The Morgan fingerprint density at radius 1 is 1.36 bits per heavy atom. The van der Waals surface area contributed by atoms with Crippen LogP contribution in [0, 0.1) is 11.8 Å². The van der Waals surface area contributed by atoms with Gasteiger partial charge in [0.05, 0.1) is 23.8 Å². The first-order valence-corrected chi connectivity index (χ1v) is 11.6. The molecule has 0 spiro atoms. The van der Waals surface area contributed by atoms with Gasteiger partial charge in [-0.25, -0.2) is 4.98 Å². The number of aliphatic hydroxyl groups excluding tert-OH is 4. The molecule has 0 aliphatic heterocycles. The summed E-state index contributed by atoms with van der Waals surface area (Å²) in [6.07, 6.45) is -0.503. The molecule has 5 atom stereocenters. The van der Waals surface area contributed by atoms with Gasteiger partial charge in [0.15, 0.2) is 23.4 Å². The van der Waals surface area contributed by atoms with Gasteiger partial charge in [0.1, 0.15) is 23.1 Å². The zero-order chi connectivity index (χ0) is 26.1. The average molecular weight is 501 g/mol. The van der Waals surface area contributed by atoms with Crippen LogP contribution in [0.4, 0.5) is 5.69 Å². The third kappa shape index (κ3) is 3.11. The molecule has 192 valence electrons. The van der Waals surface area contributed by atoms with Crippen molar-refractivity contribution in [2.75, 3.05) is 32.1 Å². The Morgan fingerprint density at radius 3 is 2.72 bits per heavy atom. The third-order valence-electron chi connectivity index (χ3n) is 7.66. The largest absolute Gasteiger partial charge is 0.510 e. The molecule has 0 fully saturated rings. The molecular formula is C24H28N4O8. The van der Waals surface area contributed by atoms with Gasteiger partial charge in [-0.3, -0.25) is 9.59 Å². The Labute approximate surface area is 205 Å². The minimum absolute atomic E-state index is 0.0124. The quantitative estimate of drug-likeness (QED) is 0.277. The lowest BCUT2D eigenvalue weighted by Gasteiger charge is -2.52. The molecule has 1 aromatic carbocycles. The highest BCUT2D eigenvalue weighted by Crippen LogP contribution is 2.53. The molecule has 3 aliphatic rings. The molecule has 1 amide bonds. The number of carbonyl (C=O) groups is 2. The topological polar surface area (TPSA) is 203 Å². The first-order valence-electron chi connectivity index (χ1n) is 11.6. The lowest BCUT2D eigenvalue weighted by atomic mass is 9.58. The van der Waals surface area contributed by atoms with Crippen molar-refractivity contribution in [2.45, 2.75) is 30.6 Å². The van der Waals surface area contributed by atoms with Crippen LogP contribution in [0.5, 0.6) is 0 Å². The minimum atomic E-state index is -2.50. The Kier molecular flexibility index (Phi) is 5.59. The second-order valence-corrected chi connectivity index (χ2v) is 9.73. The normalized spacial score (nSPS) is 29.8. The zero-order valence-electron chi connectivity index (χ0n) is 19.7. The van der Waals surface area contributed by atoms with Crippen molar-refractivity contribution in [2.24, 2.45) is 17.6 Å². The maximum Gasteiger partial charge on any atom is 0.250 e. The summed E-state index contributed by atoms with van der Waals surface area (Å²) in [5.41, 5.74) is 4.46. The fourth-order valence-electron chi connectivity index (χ4n) is 6.08. The molecule has 12 nitrogen and oxygen atoms in total. The van der Waals surface area contributed by atoms with E-state index in [-0.39, 0.29) is 36.3 Å². The SMILES string of the molecule is CN(C)c1cc2ncoc2c2c1C[C@H]1C[C@H]3[C@@H](NCCO)C(O)=C(C(N)=O)C(O)[C@@]3(O)C(O)=C1C2=O. The summed E-state index contributed by atoms with van der Waals surface area (Å²) >= 11 is 0. The standard InChI is InChI=1S/C24H28N4O8/c1-28(2)13-7-12-20(36-8-27-12)15-10(13)5-9-6-11-17(26-3-4-29)19(31)16(23(25)34)22(33)24(11,35)21(32)14(9)18(15)30/h7-9,11,17,22,26,29,31-33,35H,3-6H2,1-2H3,(H2,25,34)/t9-,11-,17+,22?,24-/m0/s1. The van der Waals surface area contributed by atoms with Gasteiger partial charge in [0, 0.05) is 37.8 Å². The summed E-state index contributed by atoms with van der Waals surface area (Å²) in [7, 11) is 3.66. The number of carbonyl (C=O) groups excluding carboxylic acids is 2. The van der Waals surface area contributed by atoms with Crippen molar-refractivity contribution in [3.8, 4) is 0 Å². The van der Waals surface area contributed by atoms with Crippen LogP contribution in [-0.4, -0.2) is 87.2 Å². The van der Waals surface area contributed by atoms with E-state index in [0.29, 0.717) is 17.5 Å². The van der Waals surface area contributed by atoms with E-state index in [4.69, 9.17) is 10.2 Å². The van der Waals surface area contributed by atoms with E-state index in [1.807, 2.05) is 25.1 Å². The number of nitrogens with two attached hydrogens (primary N) is 1. The Bertz CT molecular complexity index is 1350. The van der Waals surface area contributed by atoms with E-state index in [2.05, 4.69) is 10.3 Å². The highest BCUT2D eigenvalue weighted by atomic mass is 16.4. The lowest BCUT2D eigenvalue weighted by Crippen LogP contribution is -2.65. The molecule has 0 radical (unpaired) electrons. The van der Waals surface area contributed by atoms with Crippen LogP contribution in [0.1, 0.15) is 22.3 Å². The number of nitrogens with zero attached hydrogens (tertiary/aromatic N) is 2. The van der Waals surface area contributed by atoms with E-state index in [9.17, 15) is 35.1 Å². The number of fused-ring (bicyclic) bond motifs is 5. The van der Waals surface area contributed by atoms with Gasteiger partial charge in [0.25, 0.3) is 5.91 Å². The van der Waals surface area contributed by atoms with Crippen LogP contribution in [0.2, 0.25) is 0 Å². The summed E-state index contributed by atoms with van der Waals surface area (Å²) in [6.45, 7) is -0.327. The molecule has 12 heteroatoms. The monoisotopic (exact) mass is 500 g/mol. The number of aliphatic hydroxyl groups is 5. The first kappa shape index (κ1) is 24.3. The second-order valence-electron chi connectivity index (χ2n) is 9.73. The number of hydrogen-bond donors (Lipinski definition) is 7. The highest BCUT2D eigenvalue weighted by Gasteiger charge is 2.62. The number of aromatic nitrogens is 1. The maximum absolute atomic E-state index is 13.9. The molecule has 0 saturated carbocycles. The van der Waals surface area contributed by atoms with Gasteiger partial charge in [-0.1, -0.05) is 0 Å². The van der Waals surface area contributed by atoms with Crippen LogP contribution in [-0.2, 0) is 11.2 Å². The molecule has 8 N–H and O–H groups in total. The number of benzene rings is 1. The van der Waals surface area contributed by atoms with Crippen molar-refractivity contribution in [3.05, 3.63) is 46.3 Å². The van der Waals surface area contributed by atoms with Crippen molar-refractivity contribution < 1.29 is 39.5 Å². The number of hydrogen-bond acceptors (Lipinski definition) is 11. The molecule has 2 aromatic rings. The predicted octanol–water partition coefficient (Wildman–Crippen LogP) is -0.566. The van der Waals surface area contributed by atoms with Crippen molar-refractivity contribution in [3.63, 3.8) is 0 Å². The third-order valence-corrected chi connectivity index (χ3v) is 7.66. The van der Waals surface area contributed by atoms with Crippen LogP contribution < -0.4 is 16.0 Å². The van der Waals surface area contributed by atoms with Crippen molar-refractivity contribution >= 4 is 28.5 Å². The average Bonchev–Trinajstić information content (AvgIpc) is 3.29. The zero-order valence-corrected chi connectivity index (χ0v) is 19.7. The summed E-state index contributed by atoms with van der Waals surface area (Å²) in [5.74, 6) is -4.76. The van der Waals surface area contributed by atoms with Crippen LogP contribution in [0.25, 0.3) is 11.1 Å². The molecule has 3 aliphatic carbocycles. The number of nitrogens with one attached hydrogen (secondary N) is 1. The number of rotatable bonds is 5. The molecular weight excluding hydrogens is 472 g/mol. The van der Waals surface area contributed by atoms with Crippen LogP contribution >= 0.6 is 0 Å². The summed E-state index contributed by atoms with van der Waals surface area (Å²) in [5, 5.41) is 57.2. The van der Waals surface area contributed by atoms with E-state index in [0.717, 1.165) is 5.69 Å². The summed E-state index contributed by atoms with van der Waals surface area (Å²) < 4.78 is 5.51. The predicted molar refractivity (Wildman–Crippen MR) is 126 cm³/mol. The van der Waals surface area contributed by atoms with Crippen LogP contribution in [0.3, 0.4) is 0 Å². The Balaban J connectivity index is 1.73. The smallest absolute Gasteiger partial charge is 0.250 e. The number of allylic oxidation sites excluding steroid dienone is 1. The van der Waals surface area contributed by atoms with E-state index < -0.39 is 58.4 Å². The van der Waals surface area contributed by atoms with Crippen molar-refractivity contribution in [1.29, 1.82) is 0 Å². The van der Waals surface area contributed by atoms with Crippen LogP contribution in [0.15, 0.2) is 39.5 Å². The molecule has 1 heterocycles. The second kappa shape index (κ2) is 8.30. The fourth-order valence-corrected chi connectivity index (χ4v) is 6.08. The summed E-state index contributed by atoms with van der Waals surface area (Å²) in [6, 6.07) is 0.681. The number of oxazole rings is 1. The number of Topliss-reactive ketones (excluding diaryl/α,β-unsaturated/α-hetero) is 1.